The number of nitrogens with zero attached hydrogens (tertiary/aromatic N) is 2. The quantitative estimate of drug-likeness (QED) is 0.862. The molecule has 2 N–H and O–H groups in total. The third-order valence-corrected chi connectivity index (χ3v) is 2.61. The molecule has 0 fully saturated rings. The number of H-pyrrole nitrogens is 1. The summed E-state index contributed by atoms with van der Waals surface area (Å²) >= 11 is 0. The van der Waals surface area contributed by atoms with Crippen LogP contribution >= 0.6 is 0 Å². The van der Waals surface area contributed by atoms with Gasteiger partial charge in [-0.15, -0.1) is 0 Å². The summed E-state index contributed by atoms with van der Waals surface area (Å²) in [6.45, 7) is 4.91. The maximum atomic E-state index is 8.87. The first-order valence-electron chi connectivity index (χ1n) is 5.97. The maximum absolute atomic E-state index is 8.87. The molecule has 18 heavy (non-hydrogen) atoms. The SMILES string of the molecule is CC(C)NCc1ncc(-c2cccc(C#N)c2)[nH]1. The van der Waals surface area contributed by atoms with Crippen LogP contribution in [-0.4, -0.2) is 16.0 Å². The number of imidazole rings is 1. The first kappa shape index (κ1) is 12.3. The molecule has 0 bridgehead atoms. The summed E-state index contributed by atoms with van der Waals surface area (Å²) in [4.78, 5) is 7.57. The van der Waals surface area contributed by atoms with Crippen molar-refractivity contribution in [2.45, 2.75) is 26.4 Å². The Hall–Kier alpha value is -2.12. The summed E-state index contributed by atoms with van der Waals surface area (Å²) in [6.07, 6.45) is 1.80. The van der Waals surface area contributed by atoms with Gasteiger partial charge in [-0.1, -0.05) is 26.0 Å². The molecule has 2 aromatic rings. The molecule has 92 valence electrons. The van der Waals surface area contributed by atoms with Gasteiger partial charge in [-0.05, 0) is 12.1 Å². The van der Waals surface area contributed by atoms with Crippen LogP contribution in [0.1, 0.15) is 25.2 Å². The molecule has 0 unspecified atom stereocenters. The van der Waals surface area contributed by atoms with E-state index in [2.05, 4.69) is 35.2 Å². The van der Waals surface area contributed by atoms with Gasteiger partial charge < -0.3 is 10.3 Å². The molecular weight excluding hydrogens is 224 g/mol. The lowest BCUT2D eigenvalue weighted by Gasteiger charge is -2.05. The van der Waals surface area contributed by atoms with Gasteiger partial charge in [0.15, 0.2) is 0 Å². The van der Waals surface area contributed by atoms with Gasteiger partial charge in [0.05, 0.1) is 30.1 Å². The van der Waals surface area contributed by atoms with E-state index in [1.54, 1.807) is 12.3 Å². The van der Waals surface area contributed by atoms with Crippen molar-refractivity contribution in [3.05, 3.63) is 41.9 Å². The minimum absolute atomic E-state index is 0.431. The lowest BCUT2D eigenvalue weighted by Crippen LogP contribution is -2.22. The molecule has 1 heterocycles. The Labute approximate surface area is 107 Å². The monoisotopic (exact) mass is 240 g/mol. The minimum atomic E-state index is 0.431. The predicted octanol–water partition coefficient (Wildman–Crippen LogP) is 2.45. The van der Waals surface area contributed by atoms with Gasteiger partial charge in [-0.2, -0.15) is 5.26 Å². The standard InChI is InChI=1S/C14H16N4/c1-10(2)16-9-14-17-8-13(18-14)12-5-3-4-11(6-12)7-15/h3-6,8,10,16H,9H2,1-2H3,(H,17,18). The number of benzene rings is 1. The van der Waals surface area contributed by atoms with Gasteiger partial charge in [0.2, 0.25) is 0 Å². The van der Waals surface area contributed by atoms with E-state index in [1.165, 1.54) is 0 Å². The van der Waals surface area contributed by atoms with Crippen molar-refractivity contribution in [1.82, 2.24) is 15.3 Å². The molecule has 4 heteroatoms. The lowest BCUT2D eigenvalue weighted by molar-refractivity contribution is 0.575. The Kier molecular flexibility index (Phi) is 3.75. The number of aromatic amines is 1. The zero-order valence-corrected chi connectivity index (χ0v) is 10.6. The van der Waals surface area contributed by atoms with Crippen molar-refractivity contribution in [3.8, 4) is 17.3 Å². The van der Waals surface area contributed by atoms with E-state index in [4.69, 9.17) is 5.26 Å². The molecule has 0 spiro atoms. The fraction of sp³-hybridized carbons (Fsp3) is 0.286. The van der Waals surface area contributed by atoms with Crippen molar-refractivity contribution in [1.29, 1.82) is 5.26 Å². The highest BCUT2D eigenvalue weighted by Crippen LogP contribution is 2.18. The van der Waals surface area contributed by atoms with Crippen LogP contribution in [0.5, 0.6) is 0 Å². The van der Waals surface area contributed by atoms with Gasteiger partial charge in [-0.25, -0.2) is 4.98 Å². The number of rotatable bonds is 4. The summed E-state index contributed by atoms with van der Waals surface area (Å²) < 4.78 is 0. The average molecular weight is 240 g/mol. The van der Waals surface area contributed by atoms with Crippen molar-refractivity contribution < 1.29 is 0 Å². The number of hydrogen-bond donors (Lipinski definition) is 2. The molecule has 0 saturated carbocycles. The van der Waals surface area contributed by atoms with Crippen molar-refractivity contribution in [3.63, 3.8) is 0 Å². The summed E-state index contributed by atoms with van der Waals surface area (Å²) in [7, 11) is 0. The van der Waals surface area contributed by atoms with Crippen LogP contribution in [0, 0.1) is 11.3 Å². The van der Waals surface area contributed by atoms with Crippen LogP contribution < -0.4 is 5.32 Å². The second kappa shape index (κ2) is 5.48. The molecule has 1 aromatic carbocycles. The third kappa shape index (κ3) is 2.96. The fourth-order valence-electron chi connectivity index (χ4n) is 1.66. The Balaban J connectivity index is 2.16. The van der Waals surface area contributed by atoms with Crippen molar-refractivity contribution in [2.24, 2.45) is 0 Å². The van der Waals surface area contributed by atoms with E-state index in [0.29, 0.717) is 11.6 Å². The van der Waals surface area contributed by atoms with Crippen molar-refractivity contribution >= 4 is 0 Å². The molecule has 0 aliphatic heterocycles. The molecule has 0 radical (unpaired) electrons. The summed E-state index contributed by atoms with van der Waals surface area (Å²) in [6, 6.07) is 10.1. The molecular formula is C14H16N4. The second-order valence-electron chi connectivity index (χ2n) is 4.47. The Morgan fingerprint density at radius 2 is 2.28 bits per heavy atom. The van der Waals surface area contributed by atoms with E-state index in [1.807, 2.05) is 18.2 Å². The van der Waals surface area contributed by atoms with E-state index in [9.17, 15) is 0 Å². The van der Waals surface area contributed by atoms with Gasteiger partial charge >= 0.3 is 0 Å². The second-order valence-corrected chi connectivity index (χ2v) is 4.47. The van der Waals surface area contributed by atoms with E-state index in [0.717, 1.165) is 23.6 Å². The number of aromatic nitrogens is 2. The zero-order chi connectivity index (χ0) is 13.0. The van der Waals surface area contributed by atoms with Crippen LogP contribution in [0.15, 0.2) is 30.5 Å². The molecule has 0 aliphatic carbocycles. The molecule has 0 atom stereocenters. The predicted molar refractivity (Wildman–Crippen MR) is 70.7 cm³/mol. The smallest absolute Gasteiger partial charge is 0.120 e. The molecule has 4 nitrogen and oxygen atoms in total. The number of nitrogens with one attached hydrogen (secondary N) is 2. The number of hydrogen-bond acceptors (Lipinski definition) is 3. The molecule has 2 rings (SSSR count). The van der Waals surface area contributed by atoms with Crippen LogP contribution in [0.4, 0.5) is 0 Å². The third-order valence-electron chi connectivity index (χ3n) is 2.61. The van der Waals surface area contributed by atoms with E-state index < -0.39 is 0 Å². The van der Waals surface area contributed by atoms with E-state index >= 15 is 0 Å². The Morgan fingerprint density at radius 1 is 1.44 bits per heavy atom. The van der Waals surface area contributed by atoms with E-state index in [-0.39, 0.29) is 0 Å². The highest BCUT2D eigenvalue weighted by atomic mass is 15.0. The van der Waals surface area contributed by atoms with Crippen LogP contribution in [-0.2, 0) is 6.54 Å². The summed E-state index contributed by atoms with van der Waals surface area (Å²) in [5.74, 6) is 0.904. The molecule has 0 saturated heterocycles. The first-order valence-corrected chi connectivity index (χ1v) is 5.97. The average Bonchev–Trinajstić information content (AvgIpc) is 2.85. The molecule has 1 aromatic heterocycles. The largest absolute Gasteiger partial charge is 0.341 e. The maximum Gasteiger partial charge on any atom is 0.120 e. The molecule has 0 amide bonds. The Morgan fingerprint density at radius 3 is 3.00 bits per heavy atom. The first-order chi connectivity index (χ1) is 8.69. The topological polar surface area (TPSA) is 64.5 Å². The van der Waals surface area contributed by atoms with Gasteiger partial charge in [0, 0.05) is 11.6 Å². The Bertz CT molecular complexity index is 563. The van der Waals surface area contributed by atoms with Crippen molar-refractivity contribution in [2.75, 3.05) is 0 Å². The molecule has 0 aliphatic rings. The zero-order valence-electron chi connectivity index (χ0n) is 10.6. The van der Waals surface area contributed by atoms with Gasteiger partial charge in [0.25, 0.3) is 0 Å². The summed E-state index contributed by atoms with van der Waals surface area (Å²) in [5.41, 5.74) is 2.58. The lowest BCUT2D eigenvalue weighted by atomic mass is 10.1. The summed E-state index contributed by atoms with van der Waals surface area (Å²) in [5, 5.41) is 12.2. The number of nitriles is 1. The van der Waals surface area contributed by atoms with Gasteiger partial charge in [0.1, 0.15) is 5.82 Å². The van der Waals surface area contributed by atoms with Crippen LogP contribution in [0.25, 0.3) is 11.3 Å². The fourth-order valence-corrected chi connectivity index (χ4v) is 1.66. The van der Waals surface area contributed by atoms with Gasteiger partial charge in [-0.3, -0.25) is 0 Å². The highest BCUT2D eigenvalue weighted by Gasteiger charge is 2.04. The minimum Gasteiger partial charge on any atom is -0.341 e. The highest BCUT2D eigenvalue weighted by molar-refractivity contribution is 5.60. The van der Waals surface area contributed by atoms with Crippen LogP contribution in [0.2, 0.25) is 0 Å². The van der Waals surface area contributed by atoms with Crippen LogP contribution in [0.3, 0.4) is 0 Å². The normalized spacial score (nSPS) is 10.6.